The fourth-order valence-electron chi connectivity index (χ4n) is 4.72. The molecule has 3 atom stereocenters. The summed E-state index contributed by atoms with van der Waals surface area (Å²) in [5, 5.41) is 31.2. The summed E-state index contributed by atoms with van der Waals surface area (Å²) in [5.41, 5.74) is 7.85. The van der Waals surface area contributed by atoms with E-state index in [1.807, 2.05) is 0 Å². The lowest BCUT2D eigenvalue weighted by Gasteiger charge is -2.26. The lowest BCUT2D eigenvalue weighted by atomic mass is 9.78. The minimum atomic E-state index is -1.34. The first kappa shape index (κ1) is 19.4. The third kappa shape index (κ3) is 4.28. The van der Waals surface area contributed by atoms with Gasteiger partial charge in [0.1, 0.15) is 5.54 Å². The largest absolute Gasteiger partial charge is 0.480 e. The number of aliphatic carboxylic acids is 1. The van der Waals surface area contributed by atoms with Gasteiger partial charge in [-0.2, -0.15) is 0 Å². The molecular formula is C19H29BN2O4. The molecule has 1 fully saturated rings. The molecule has 0 bridgehead atoms. The van der Waals surface area contributed by atoms with E-state index >= 15 is 0 Å². The Morgan fingerprint density at radius 1 is 1.27 bits per heavy atom. The Morgan fingerprint density at radius 3 is 2.50 bits per heavy atom. The lowest BCUT2D eigenvalue weighted by molar-refractivity contribution is -0.145. The Kier molecular flexibility index (Phi) is 6.02. The minimum Gasteiger partial charge on any atom is -0.480 e. The number of nitrogens with two attached hydrogens (primary N) is 1. The molecule has 1 aromatic carbocycles. The Labute approximate surface area is 154 Å². The van der Waals surface area contributed by atoms with Gasteiger partial charge < -0.3 is 26.2 Å². The second kappa shape index (κ2) is 8.09. The van der Waals surface area contributed by atoms with Crippen LogP contribution in [0.15, 0.2) is 24.3 Å². The Bertz CT molecular complexity index is 617. The molecule has 0 saturated heterocycles. The summed E-state index contributed by atoms with van der Waals surface area (Å²) >= 11 is 0. The van der Waals surface area contributed by atoms with Crippen molar-refractivity contribution in [3.63, 3.8) is 0 Å². The van der Waals surface area contributed by atoms with Crippen LogP contribution >= 0.6 is 0 Å². The van der Waals surface area contributed by atoms with E-state index in [-0.39, 0.29) is 18.2 Å². The molecule has 6 nitrogen and oxygen atoms in total. The van der Waals surface area contributed by atoms with Crippen LogP contribution in [-0.4, -0.2) is 46.4 Å². The second-order valence-electron chi connectivity index (χ2n) is 8.04. The van der Waals surface area contributed by atoms with Gasteiger partial charge in [-0.25, -0.2) is 0 Å². The molecule has 0 aliphatic heterocycles. The second-order valence-corrected chi connectivity index (χ2v) is 8.04. The Balaban J connectivity index is 1.52. The molecule has 142 valence electrons. The van der Waals surface area contributed by atoms with Crippen molar-refractivity contribution in [3.05, 3.63) is 35.4 Å². The van der Waals surface area contributed by atoms with Crippen LogP contribution in [0.25, 0.3) is 0 Å². The Hall–Kier alpha value is -1.41. The number of rotatable bonds is 8. The molecule has 0 spiro atoms. The van der Waals surface area contributed by atoms with Gasteiger partial charge in [-0.3, -0.25) is 4.79 Å². The average Bonchev–Trinajstić information content (AvgIpc) is 3.14. The Morgan fingerprint density at radius 2 is 1.92 bits per heavy atom. The zero-order valence-electron chi connectivity index (χ0n) is 15.1. The van der Waals surface area contributed by atoms with Crippen molar-refractivity contribution in [2.75, 3.05) is 6.54 Å². The maximum atomic E-state index is 11.7. The minimum absolute atomic E-state index is 0.119. The number of hydrogen-bond donors (Lipinski definition) is 5. The summed E-state index contributed by atoms with van der Waals surface area (Å²) in [4.78, 5) is 11.7. The summed E-state index contributed by atoms with van der Waals surface area (Å²) < 4.78 is 0. The van der Waals surface area contributed by atoms with Gasteiger partial charge in [0.15, 0.2) is 0 Å². The smallest absolute Gasteiger partial charge is 0.451 e. The standard InChI is InChI=1S/C19H29BN2O4/c21-19(18(23)24)11-13(8-16(19)6-3-7-20(25)26)12-22-17-9-14-4-1-2-5-15(14)10-17/h1-2,4-5,13,16-17,22,25-26H,3,6-12,21H2,(H,23,24)/t13-,16-,19-/m0/s1. The summed E-state index contributed by atoms with van der Waals surface area (Å²) in [6.45, 7) is 0.782. The van der Waals surface area contributed by atoms with Gasteiger partial charge in [-0.15, -0.1) is 0 Å². The normalized spacial score (nSPS) is 28.3. The quantitative estimate of drug-likeness (QED) is 0.438. The number of fused-ring (bicyclic) bond motifs is 1. The van der Waals surface area contributed by atoms with Gasteiger partial charge in [0.25, 0.3) is 0 Å². The zero-order valence-corrected chi connectivity index (χ0v) is 15.1. The van der Waals surface area contributed by atoms with Crippen molar-refractivity contribution >= 4 is 13.1 Å². The van der Waals surface area contributed by atoms with E-state index < -0.39 is 18.6 Å². The van der Waals surface area contributed by atoms with Gasteiger partial charge in [0.05, 0.1) is 0 Å². The monoisotopic (exact) mass is 360 g/mol. The van der Waals surface area contributed by atoms with Crippen molar-refractivity contribution in [3.8, 4) is 0 Å². The zero-order chi connectivity index (χ0) is 18.7. The first-order valence-electron chi connectivity index (χ1n) is 9.57. The van der Waals surface area contributed by atoms with Crippen molar-refractivity contribution in [2.45, 2.75) is 56.4 Å². The molecule has 26 heavy (non-hydrogen) atoms. The van der Waals surface area contributed by atoms with Crippen LogP contribution in [0.1, 0.15) is 36.8 Å². The molecule has 0 aromatic heterocycles. The van der Waals surface area contributed by atoms with Crippen molar-refractivity contribution < 1.29 is 19.9 Å². The summed E-state index contributed by atoms with van der Waals surface area (Å²) in [6.07, 6.45) is 4.74. The number of carbonyl (C=O) groups is 1. The predicted molar refractivity (Wildman–Crippen MR) is 101 cm³/mol. The first-order chi connectivity index (χ1) is 12.4. The molecule has 6 N–H and O–H groups in total. The molecule has 3 rings (SSSR count). The maximum absolute atomic E-state index is 11.7. The summed E-state index contributed by atoms with van der Waals surface area (Å²) in [5.74, 6) is -0.821. The van der Waals surface area contributed by atoms with Gasteiger partial charge in [0.2, 0.25) is 0 Å². The molecular weight excluding hydrogens is 331 g/mol. The summed E-state index contributed by atoms with van der Waals surface area (Å²) in [7, 11) is -1.34. The fourth-order valence-corrected chi connectivity index (χ4v) is 4.72. The number of carboxylic acids is 1. The molecule has 0 heterocycles. The SMILES string of the molecule is N[C@@]1(C(=O)O)C[C@@H](CNC2Cc3ccccc3C2)C[C@@H]1CCCB(O)O. The van der Waals surface area contributed by atoms with E-state index in [9.17, 15) is 9.90 Å². The number of carboxylic acid groups (broad SMARTS) is 1. The van der Waals surface area contributed by atoms with E-state index in [0.717, 1.165) is 25.8 Å². The van der Waals surface area contributed by atoms with Crippen LogP contribution in [0.4, 0.5) is 0 Å². The summed E-state index contributed by atoms with van der Waals surface area (Å²) in [6, 6.07) is 8.90. The van der Waals surface area contributed by atoms with Crippen molar-refractivity contribution in [1.29, 1.82) is 0 Å². The molecule has 7 heteroatoms. The third-order valence-electron chi connectivity index (χ3n) is 6.13. The number of hydrogen-bond acceptors (Lipinski definition) is 5. The van der Waals surface area contributed by atoms with E-state index in [0.29, 0.717) is 25.3 Å². The highest BCUT2D eigenvalue weighted by atomic mass is 16.4. The van der Waals surface area contributed by atoms with E-state index in [1.165, 1.54) is 11.1 Å². The highest BCUT2D eigenvalue weighted by Crippen LogP contribution is 2.41. The molecule has 0 amide bonds. The lowest BCUT2D eigenvalue weighted by Crippen LogP contribution is -2.51. The highest BCUT2D eigenvalue weighted by Gasteiger charge is 2.49. The van der Waals surface area contributed by atoms with E-state index in [2.05, 4.69) is 29.6 Å². The van der Waals surface area contributed by atoms with Crippen LogP contribution in [0.2, 0.25) is 6.32 Å². The van der Waals surface area contributed by atoms with Crippen LogP contribution in [-0.2, 0) is 17.6 Å². The van der Waals surface area contributed by atoms with Crippen molar-refractivity contribution in [2.24, 2.45) is 17.6 Å². The van der Waals surface area contributed by atoms with Gasteiger partial charge in [-0.05, 0) is 67.9 Å². The van der Waals surface area contributed by atoms with Gasteiger partial charge in [0, 0.05) is 6.04 Å². The fraction of sp³-hybridized carbons (Fsp3) is 0.632. The van der Waals surface area contributed by atoms with E-state index in [4.69, 9.17) is 15.8 Å². The molecule has 0 radical (unpaired) electrons. The third-order valence-corrected chi connectivity index (χ3v) is 6.13. The van der Waals surface area contributed by atoms with Crippen molar-refractivity contribution in [1.82, 2.24) is 5.32 Å². The number of nitrogens with one attached hydrogen (secondary N) is 1. The van der Waals surface area contributed by atoms with Crippen LogP contribution in [0, 0.1) is 11.8 Å². The maximum Gasteiger partial charge on any atom is 0.451 e. The average molecular weight is 360 g/mol. The molecule has 1 aromatic rings. The van der Waals surface area contributed by atoms with Crippen LogP contribution < -0.4 is 11.1 Å². The molecule has 2 aliphatic rings. The van der Waals surface area contributed by atoms with Crippen LogP contribution in [0.3, 0.4) is 0 Å². The topological polar surface area (TPSA) is 116 Å². The van der Waals surface area contributed by atoms with Crippen LogP contribution in [0.5, 0.6) is 0 Å². The number of benzene rings is 1. The predicted octanol–water partition coefficient (Wildman–Crippen LogP) is 0.805. The highest BCUT2D eigenvalue weighted by molar-refractivity contribution is 6.40. The van der Waals surface area contributed by atoms with E-state index in [1.54, 1.807) is 0 Å². The van der Waals surface area contributed by atoms with Gasteiger partial charge in [-0.1, -0.05) is 30.7 Å². The van der Waals surface area contributed by atoms with Gasteiger partial charge >= 0.3 is 13.1 Å². The molecule has 1 saturated carbocycles. The first-order valence-corrected chi connectivity index (χ1v) is 9.57. The molecule has 0 unspecified atom stereocenters. The molecule has 2 aliphatic carbocycles.